The van der Waals surface area contributed by atoms with E-state index in [9.17, 15) is 0 Å². The van der Waals surface area contributed by atoms with Crippen LogP contribution in [0.2, 0.25) is 0 Å². The van der Waals surface area contributed by atoms with E-state index in [-0.39, 0.29) is 5.54 Å². The van der Waals surface area contributed by atoms with Crippen LogP contribution in [0.5, 0.6) is 0 Å². The molecule has 0 aromatic heterocycles. The SMILES string of the molecule is CC(C)(N)C1(C2CCOC2)CC1. The Morgan fingerprint density at radius 2 is 2.08 bits per heavy atom. The van der Waals surface area contributed by atoms with Crippen molar-refractivity contribution in [3.63, 3.8) is 0 Å². The van der Waals surface area contributed by atoms with Gasteiger partial charge in [0.2, 0.25) is 0 Å². The van der Waals surface area contributed by atoms with Crippen LogP contribution in [0, 0.1) is 11.3 Å². The van der Waals surface area contributed by atoms with Crippen molar-refractivity contribution >= 4 is 0 Å². The second-order valence-electron chi connectivity index (χ2n) is 4.94. The van der Waals surface area contributed by atoms with Gasteiger partial charge in [-0.2, -0.15) is 0 Å². The molecule has 1 aliphatic carbocycles. The average Bonchev–Trinajstić information content (AvgIpc) is 2.61. The number of hydrogen-bond acceptors (Lipinski definition) is 2. The Hall–Kier alpha value is -0.0800. The Morgan fingerprint density at radius 1 is 1.42 bits per heavy atom. The highest BCUT2D eigenvalue weighted by atomic mass is 16.5. The highest BCUT2D eigenvalue weighted by Gasteiger charge is 2.57. The molecular formula is C10H19NO. The third kappa shape index (κ3) is 1.09. The van der Waals surface area contributed by atoms with E-state index in [1.807, 2.05) is 0 Å². The summed E-state index contributed by atoms with van der Waals surface area (Å²) in [7, 11) is 0. The van der Waals surface area contributed by atoms with Crippen molar-refractivity contribution in [3.05, 3.63) is 0 Å². The van der Waals surface area contributed by atoms with Crippen LogP contribution in [-0.4, -0.2) is 18.8 Å². The van der Waals surface area contributed by atoms with E-state index in [0.717, 1.165) is 19.1 Å². The zero-order valence-corrected chi connectivity index (χ0v) is 8.10. The molecule has 1 unspecified atom stereocenters. The van der Waals surface area contributed by atoms with Gasteiger partial charge in [0.1, 0.15) is 0 Å². The first-order chi connectivity index (χ1) is 5.56. The first-order valence-corrected chi connectivity index (χ1v) is 4.93. The average molecular weight is 169 g/mol. The molecule has 0 aromatic rings. The molecule has 2 rings (SSSR count). The molecule has 1 heterocycles. The fraction of sp³-hybridized carbons (Fsp3) is 1.00. The summed E-state index contributed by atoms with van der Waals surface area (Å²) in [6.07, 6.45) is 3.84. The molecule has 70 valence electrons. The molecule has 0 aromatic carbocycles. The first-order valence-electron chi connectivity index (χ1n) is 4.93. The molecule has 1 aliphatic heterocycles. The number of ether oxygens (including phenoxy) is 1. The minimum absolute atomic E-state index is 0.00856. The number of hydrogen-bond donors (Lipinski definition) is 1. The van der Waals surface area contributed by atoms with Gasteiger partial charge in [-0.1, -0.05) is 0 Å². The van der Waals surface area contributed by atoms with Gasteiger partial charge in [0.25, 0.3) is 0 Å². The molecule has 0 radical (unpaired) electrons. The first kappa shape index (κ1) is 8.52. The van der Waals surface area contributed by atoms with Crippen LogP contribution in [0.1, 0.15) is 33.1 Å². The van der Waals surface area contributed by atoms with Crippen molar-refractivity contribution < 1.29 is 4.74 Å². The molecule has 2 heteroatoms. The van der Waals surface area contributed by atoms with Crippen LogP contribution in [-0.2, 0) is 4.74 Å². The molecule has 1 saturated heterocycles. The lowest BCUT2D eigenvalue weighted by Crippen LogP contribution is -2.46. The summed E-state index contributed by atoms with van der Waals surface area (Å²) < 4.78 is 5.42. The van der Waals surface area contributed by atoms with Crippen LogP contribution in [0.3, 0.4) is 0 Å². The predicted octanol–water partition coefficient (Wildman–Crippen LogP) is 1.54. The van der Waals surface area contributed by atoms with Crippen molar-refractivity contribution in [3.8, 4) is 0 Å². The van der Waals surface area contributed by atoms with E-state index in [2.05, 4.69) is 13.8 Å². The van der Waals surface area contributed by atoms with Gasteiger partial charge in [-0.15, -0.1) is 0 Å². The van der Waals surface area contributed by atoms with E-state index in [1.165, 1.54) is 19.3 Å². The van der Waals surface area contributed by atoms with Crippen LogP contribution in [0.4, 0.5) is 0 Å². The Kier molecular flexibility index (Phi) is 1.74. The fourth-order valence-electron chi connectivity index (χ4n) is 2.68. The van der Waals surface area contributed by atoms with Gasteiger partial charge in [-0.25, -0.2) is 0 Å². The van der Waals surface area contributed by atoms with E-state index in [4.69, 9.17) is 10.5 Å². The summed E-state index contributed by atoms with van der Waals surface area (Å²) in [6.45, 7) is 6.22. The smallest absolute Gasteiger partial charge is 0.0501 e. The number of nitrogens with two attached hydrogens (primary N) is 1. The van der Waals surface area contributed by atoms with E-state index in [0.29, 0.717) is 5.41 Å². The van der Waals surface area contributed by atoms with E-state index < -0.39 is 0 Å². The summed E-state index contributed by atoms with van der Waals surface area (Å²) in [5.41, 5.74) is 6.61. The summed E-state index contributed by atoms with van der Waals surface area (Å²) in [5, 5.41) is 0. The van der Waals surface area contributed by atoms with Crippen molar-refractivity contribution in [1.82, 2.24) is 0 Å². The lowest BCUT2D eigenvalue weighted by atomic mass is 9.74. The summed E-state index contributed by atoms with van der Waals surface area (Å²) >= 11 is 0. The van der Waals surface area contributed by atoms with Crippen molar-refractivity contribution in [2.45, 2.75) is 38.6 Å². The molecule has 0 amide bonds. The van der Waals surface area contributed by atoms with E-state index >= 15 is 0 Å². The molecular weight excluding hydrogens is 150 g/mol. The zero-order valence-electron chi connectivity index (χ0n) is 8.10. The van der Waals surface area contributed by atoms with Gasteiger partial charge >= 0.3 is 0 Å². The Balaban J connectivity index is 2.10. The van der Waals surface area contributed by atoms with Crippen molar-refractivity contribution in [2.75, 3.05) is 13.2 Å². The number of rotatable bonds is 2. The van der Waals surface area contributed by atoms with E-state index in [1.54, 1.807) is 0 Å². The molecule has 0 bridgehead atoms. The summed E-state index contributed by atoms with van der Waals surface area (Å²) in [4.78, 5) is 0. The van der Waals surface area contributed by atoms with Gasteiger partial charge in [0.05, 0.1) is 6.61 Å². The molecule has 1 atom stereocenters. The summed E-state index contributed by atoms with van der Waals surface area (Å²) in [6, 6.07) is 0. The second kappa shape index (κ2) is 2.46. The molecule has 12 heavy (non-hydrogen) atoms. The van der Waals surface area contributed by atoms with Crippen LogP contribution >= 0.6 is 0 Å². The lowest BCUT2D eigenvalue weighted by molar-refractivity contribution is 0.137. The Labute approximate surface area is 74.5 Å². The molecule has 0 spiro atoms. The normalized spacial score (nSPS) is 33.8. The monoisotopic (exact) mass is 169 g/mol. The topological polar surface area (TPSA) is 35.2 Å². The maximum Gasteiger partial charge on any atom is 0.0501 e. The fourth-order valence-corrected chi connectivity index (χ4v) is 2.68. The standard InChI is InChI=1S/C10H19NO/c1-9(2,11)10(4-5-10)8-3-6-12-7-8/h8H,3-7,11H2,1-2H3. The molecule has 2 aliphatic rings. The quantitative estimate of drug-likeness (QED) is 0.680. The van der Waals surface area contributed by atoms with Gasteiger partial charge in [0.15, 0.2) is 0 Å². The van der Waals surface area contributed by atoms with Crippen LogP contribution < -0.4 is 5.73 Å². The molecule has 2 N–H and O–H groups in total. The maximum atomic E-state index is 6.20. The summed E-state index contributed by atoms with van der Waals surface area (Å²) in [5.74, 6) is 0.734. The second-order valence-corrected chi connectivity index (χ2v) is 4.94. The minimum atomic E-state index is -0.00856. The molecule has 1 saturated carbocycles. The van der Waals surface area contributed by atoms with Crippen LogP contribution in [0.25, 0.3) is 0 Å². The van der Waals surface area contributed by atoms with Gasteiger partial charge in [-0.05, 0) is 44.4 Å². The lowest BCUT2D eigenvalue weighted by Gasteiger charge is -2.35. The minimum Gasteiger partial charge on any atom is -0.381 e. The third-order valence-corrected chi connectivity index (χ3v) is 3.78. The third-order valence-electron chi connectivity index (χ3n) is 3.78. The highest BCUT2D eigenvalue weighted by molar-refractivity contribution is 5.10. The largest absolute Gasteiger partial charge is 0.381 e. The highest BCUT2D eigenvalue weighted by Crippen LogP contribution is 2.60. The van der Waals surface area contributed by atoms with Gasteiger partial charge in [0, 0.05) is 12.1 Å². The van der Waals surface area contributed by atoms with Crippen LogP contribution in [0.15, 0.2) is 0 Å². The molecule has 2 fully saturated rings. The molecule has 2 nitrogen and oxygen atoms in total. The zero-order chi connectivity index (χ0) is 8.82. The van der Waals surface area contributed by atoms with Crippen molar-refractivity contribution in [2.24, 2.45) is 17.1 Å². The maximum absolute atomic E-state index is 6.20. The van der Waals surface area contributed by atoms with Gasteiger partial charge < -0.3 is 10.5 Å². The van der Waals surface area contributed by atoms with Gasteiger partial charge in [-0.3, -0.25) is 0 Å². The Morgan fingerprint density at radius 3 is 2.42 bits per heavy atom. The Bertz CT molecular complexity index is 173. The predicted molar refractivity (Wildman–Crippen MR) is 48.9 cm³/mol. The van der Waals surface area contributed by atoms with Crippen molar-refractivity contribution in [1.29, 1.82) is 0 Å².